The molecule has 42 heavy (non-hydrogen) atoms. The van der Waals surface area contributed by atoms with Crippen molar-refractivity contribution < 1.29 is 40.7 Å². The first-order valence-electron chi connectivity index (χ1n) is 13.8. The summed E-state index contributed by atoms with van der Waals surface area (Å²) in [7, 11) is 3.28. The number of aromatic nitrogens is 3. The van der Waals surface area contributed by atoms with Crippen LogP contribution in [-0.2, 0) is 33.8 Å². The van der Waals surface area contributed by atoms with E-state index in [-0.39, 0.29) is 49.2 Å². The second-order valence-corrected chi connectivity index (χ2v) is 9.59. The summed E-state index contributed by atoms with van der Waals surface area (Å²) in [5, 5.41) is 0. The number of aryl methyl sites for hydroxylation is 2. The van der Waals surface area contributed by atoms with Crippen LogP contribution in [0.2, 0.25) is 0 Å². The first-order valence-corrected chi connectivity index (χ1v) is 13.8. The highest BCUT2D eigenvalue weighted by atomic mass is 35.5. The lowest BCUT2D eigenvalue weighted by Crippen LogP contribution is -3.00. The molecule has 1 aliphatic heterocycles. The first-order chi connectivity index (χ1) is 19.1. The van der Waals surface area contributed by atoms with Crippen LogP contribution < -0.4 is 27.4 Å². The van der Waals surface area contributed by atoms with Crippen molar-refractivity contribution in [2.24, 2.45) is 5.73 Å². The number of carbonyl (C=O) groups is 1. The van der Waals surface area contributed by atoms with Crippen molar-refractivity contribution in [1.82, 2.24) is 14.5 Å². The van der Waals surface area contributed by atoms with Crippen LogP contribution in [0.4, 0.5) is 0 Å². The van der Waals surface area contributed by atoms with Crippen LogP contribution in [0.1, 0.15) is 42.9 Å². The van der Waals surface area contributed by atoms with E-state index in [4.69, 9.17) is 24.7 Å². The Labute approximate surface area is 267 Å². The molecule has 0 radical (unpaired) electrons. The molecule has 0 bridgehead atoms. The highest BCUT2D eigenvalue weighted by Gasteiger charge is 2.30. The van der Waals surface area contributed by atoms with E-state index < -0.39 is 0 Å². The lowest BCUT2D eigenvalue weighted by molar-refractivity contribution is -0.676. The van der Waals surface area contributed by atoms with E-state index in [1.54, 1.807) is 19.1 Å². The number of nitrogens with two attached hydrogens (primary N) is 1. The van der Waals surface area contributed by atoms with Crippen molar-refractivity contribution >= 4 is 41.8 Å². The third-order valence-corrected chi connectivity index (χ3v) is 7.26. The number of carbonyl (C=O) groups excluding carboxylic acids is 1. The van der Waals surface area contributed by atoms with E-state index >= 15 is 0 Å². The number of nitrogens with zero attached hydrogens (tertiary/aromatic N) is 4. The van der Waals surface area contributed by atoms with E-state index in [1.807, 2.05) is 24.4 Å². The molecule has 0 aliphatic carbocycles. The summed E-state index contributed by atoms with van der Waals surface area (Å²) < 4.78 is 26.5. The number of halogens is 3. The second-order valence-electron chi connectivity index (χ2n) is 9.59. The highest BCUT2D eigenvalue weighted by molar-refractivity contribution is 6.05. The standard InChI is InChI=1S/C29H42N5O5.3ClH/c1-5-33-25-18-22(21-7-8-26(31-20-21)39-23-9-13-38-14-10-23)17-24(28(25)34(6-2)27(33)19-30)29(35)32(11-15-36-3)12-16-37-4;;;/h7-8,17-18,20,23H,5-6,9-16,19,30H2,1-4H3;3*1H/q+1;;;/p-1. The molecule has 2 N–H and O–H groups in total. The zero-order valence-electron chi connectivity index (χ0n) is 24.8. The minimum absolute atomic E-state index is 0. The Morgan fingerprint density at radius 2 is 1.76 bits per heavy atom. The zero-order chi connectivity index (χ0) is 27.8. The summed E-state index contributed by atoms with van der Waals surface area (Å²) in [6, 6.07) is 8.00. The van der Waals surface area contributed by atoms with Crippen molar-refractivity contribution in [2.45, 2.75) is 52.4 Å². The number of imidazole rings is 1. The van der Waals surface area contributed by atoms with Crippen molar-refractivity contribution in [1.29, 1.82) is 0 Å². The molecular weight excluding hydrogens is 605 g/mol. The number of amides is 1. The molecule has 2 aromatic heterocycles. The minimum atomic E-state index is -0.0672. The SMILES string of the molecule is CCn1c(CN)[n+](CC)c2c(C(=O)N(CCOC)CCOC)cc(-c3ccc(OC4CCOCC4)nc3)cc21.Cl.Cl.[Cl-]. The van der Waals surface area contributed by atoms with Crippen molar-refractivity contribution in [3.05, 3.63) is 41.9 Å². The third kappa shape index (κ3) is 8.47. The molecule has 1 amide bonds. The van der Waals surface area contributed by atoms with E-state index in [0.29, 0.717) is 64.0 Å². The molecule has 10 nitrogen and oxygen atoms in total. The Morgan fingerprint density at radius 1 is 1.10 bits per heavy atom. The third-order valence-electron chi connectivity index (χ3n) is 7.26. The lowest BCUT2D eigenvalue weighted by Gasteiger charge is -2.23. The van der Waals surface area contributed by atoms with Gasteiger partial charge in [0.1, 0.15) is 6.10 Å². The lowest BCUT2D eigenvalue weighted by atomic mass is 10.0. The minimum Gasteiger partial charge on any atom is -1.00 e. The molecule has 1 saturated heterocycles. The van der Waals surface area contributed by atoms with E-state index in [2.05, 4.69) is 34.0 Å². The number of hydrogen-bond acceptors (Lipinski definition) is 7. The van der Waals surface area contributed by atoms with Gasteiger partial charge in [-0.2, -0.15) is 0 Å². The molecule has 0 saturated carbocycles. The van der Waals surface area contributed by atoms with E-state index in [1.165, 1.54) is 0 Å². The number of rotatable bonds is 13. The Hall–Kier alpha value is -2.18. The van der Waals surface area contributed by atoms with Gasteiger partial charge in [-0.05, 0) is 37.6 Å². The van der Waals surface area contributed by atoms with Gasteiger partial charge < -0.3 is 42.0 Å². The number of fused-ring (bicyclic) bond motifs is 1. The fourth-order valence-electron chi connectivity index (χ4n) is 5.24. The molecule has 0 unspecified atom stereocenters. The maximum atomic E-state index is 14.1. The normalized spacial score (nSPS) is 13.2. The average molecular weight is 649 g/mol. The van der Waals surface area contributed by atoms with Crippen molar-refractivity contribution in [3.63, 3.8) is 0 Å². The Balaban J connectivity index is 0.00000294. The van der Waals surface area contributed by atoms with Crippen LogP contribution in [0.3, 0.4) is 0 Å². The number of methoxy groups -OCH3 is 2. The van der Waals surface area contributed by atoms with Crippen molar-refractivity contribution in [2.75, 3.05) is 53.7 Å². The van der Waals surface area contributed by atoms with Gasteiger partial charge in [0.05, 0.1) is 51.6 Å². The molecule has 13 heteroatoms. The largest absolute Gasteiger partial charge is 1.00 e. The first kappa shape index (κ1) is 37.8. The number of ether oxygens (including phenoxy) is 4. The Morgan fingerprint density at radius 3 is 2.29 bits per heavy atom. The molecular formula is C29H44Cl3N5O5. The molecule has 0 spiro atoms. The van der Waals surface area contributed by atoms with Crippen molar-refractivity contribution in [3.8, 4) is 17.0 Å². The van der Waals surface area contributed by atoms with Gasteiger partial charge >= 0.3 is 0 Å². The van der Waals surface area contributed by atoms with Crippen LogP contribution >= 0.6 is 24.8 Å². The summed E-state index contributed by atoms with van der Waals surface area (Å²) in [4.78, 5) is 20.5. The fraction of sp³-hybridized carbons (Fsp3) is 0.552. The van der Waals surface area contributed by atoms with Gasteiger partial charge in [-0.15, -0.1) is 24.8 Å². The smallest absolute Gasteiger partial charge is 0.271 e. The molecule has 3 heterocycles. The number of benzene rings is 1. The van der Waals surface area contributed by atoms with Gasteiger partial charge in [0, 0.05) is 58.0 Å². The van der Waals surface area contributed by atoms with Gasteiger partial charge in [0.2, 0.25) is 5.88 Å². The maximum absolute atomic E-state index is 14.1. The van der Waals surface area contributed by atoms with Crippen LogP contribution in [0.15, 0.2) is 30.5 Å². The van der Waals surface area contributed by atoms with Crippen LogP contribution in [-0.4, -0.2) is 80.2 Å². The molecule has 1 fully saturated rings. The summed E-state index contributed by atoms with van der Waals surface area (Å²) in [5.74, 6) is 1.52. The molecule has 0 atom stereocenters. The fourth-order valence-corrected chi connectivity index (χ4v) is 5.24. The molecule has 3 aromatic rings. The molecule has 236 valence electrons. The topological polar surface area (TPSA) is 105 Å². The summed E-state index contributed by atoms with van der Waals surface area (Å²) in [6.45, 7) is 9.22. The number of pyridine rings is 1. The van der Waals surface area contributed by atoms with Gasteiger partial charge in [0.25, 0.3) is 11.7 Å². The monoisotopic (exact) mass is 647 g/mol. The van der Waals surface area contributed by atoms with Gasteiger partial charge in [0.15, 0.2) is 11.0 Å². The quantitative estimate of drug-likeness (QED) is 0.271. The predicted octanol–water partition coefficient (Wildman–Crippen LogP) is 0.630. The van der Waals surface area contributed by atoms with Crippen LogP contribution in [0, 0.1) is 0 Å². The van der Waals surface area contributed by atoms with Crippen LogP contribution in [0.5, 0.6) is 5.88 Å². The van der Waals surface area contributed by atoms with Gasteiger partial charge in [-0.1, -0.05) is 0 Å². The number of hydrogen-bond donors (Lipinski definition) is 1. The summed E-state index contributed by atoms with van der Waals surface area (Å²) in [6.07, 6.45) is 3.66. The summed E-state index contributed by atoms with van der Waals surface area (Å²) in [5.41, 5.74) is 10.5. The summed E-state index contributed by atoms with van der Waals surface area (Å²) >= 11 is 0. The Kier molecular flexibility index (Phi) is 16.6. The van der Waals surface area contributed by atoms with Crippen LogP contribution in [0.25, 0.3) is 22.2 Å². The molecule has 1 aliphatic rings. The zero-order valence-corrected chi connectivity index (χ0v) is 27.2. The predicted molar refractivity (Wildman–Crippen MR) is 163 cm³/mol. The highest BCUT2D eigenvalue weighted by Crippen LogP contribution is 2.30. The molecule has 1 aromatic carbocycles. The van der Waals surface area contributed by atoms with Gasteiger partial charge in [-0.25, -0.2) is 14.1 Å². The maximum Gasteiger partial charge on any atom is 0.271 e. The molecule has 4 rings (SSSR count). The van der Waals surface area contributed by atoms with Gasteiger partial charge in [-0.3, -0.25) is 4.79 Å². The van der Waals surface area contributed by atoms with E-state index in [0.717, 1.165) is 47.4 Å². The second kappa shape index (κ2) is 18.5. The average Bonchev–Trinajstić information content (AvgIpc) is 3.30. The Bertz CT molecular complexity index is 1240. The van der Waals surface area contributed by atoms with E-state index in [9.17, 15) is 4.79 Å².